The number of carbonyl (C=O) groups excluding carboxylic acids is 2. The van der Waals surface area contributed by atoms with E-state index in [9.17, 15) is 9.59 Å². The Balaban J connectivity index is 2.35. The lowest BCUT2D eigenvalue weighted by Gasteiger charge is -2.43. The SMILES string of the molecule is CCCC(C(=O)Nc1c(C)cc(OC)cc1C(=O)OCC)[N+]1(C)CCCCC1. The Morgan fingerprint density at radius 2 is 1.86 bits per heavy atom. The number of ether oxygens (including phenoxy) is 2. The van der Waals surface area contributed by atoms with Gasteiger partial charge in [-0.3, -0.25) is 4.79 Å². The first-order valence-corrected chi connectivity index (χ1v) is 10.4. The summed E-state index contributed by atoms with van der Waals surface area (Å²) >= 11 is 0. The smallest absolute Gasteiger partial charge is 0.340 e. The Bertz CT molecular complexity index is 696. The van der Waals surface area contributed by atoms with E-state index in [0.29, 0.717) is 17.0 Å². The molecule has 0 saturated carbocycles. The number of carbonyl (C=O) groups is 2. The van der Waals surface area contributed by atoms with Crippen molar-refractivity contribution in [1.29, 1.82) is 0 Å². The second kappa shape index (κ2) is 9.92. The number of piperidine rings is 1. The molecule has 28 heavy (non-hydrogen) atoms. The van der Waals surface area contributed by atoms with Crippen LogP contribution in [0.5, 0.6) is 5.75 Å². The number of anilines is 1. The predicted octanol–water partition coefficient (Wildman–Crippen LogP) is 3.92. The van der Waals surface area contributed by atoms with Crippen LogP contribution >= 0.6 is 0 Å². The summed E-state index contributed by atoms with van der Waals surface area (Å²) in [6, 6.07) is 3.33. The third kappa shape index (κ3) is 5.04. The van der Waals surface area contributed by atoms with Crippen molar-refractivity contribution in [3.05, 3.63) is 23.3 Å². The van der Waals surface area contributed by atoms with Crippen LogP contribution in [0.1, 0.15) is 61.9 Å². The summed E-state index contributed by atoms with van der Waals surface area (Å²) in [5.41, 5.74) is 1.64. The highest BCUT2D eigenvalue weighted by Gasteiger charge is 2.39. The zero-order valence-corrected chi connectivity index (χ0v) is 18.0. The highest BCUT2D eigenvalue weighted by atomic mass is 16.5. The first kappa shape index (κ1) is 22.2. The summed E-state index contributed by atoms with van der Waals surface area (Å²) in [7, 11) is 3.74. The number of quaternary nitrogens is 1. The van der Waals surface area contributed by atoms with Crippen molar-refractivity contribution in [1.82, 2.24) is 0 Å². The number of rotatable bonds is 8. The number of esters is 1. The number of nitrogens with zero attached hydrogens (tertiary/aromatic N) is 1. The molecule has 6 nitrogen and oxygen atoms in total. The van der Waals surface area contributed by atoms with E-state index in [0.717, 1.165) is 48.8 Å². The Hall–Kier alpha value is -2.08. The molecule has 0 radical (unpaired) electrons. The lowest BCUT2D eigenvalue weighted by molar-refractivity contribution is -0.929. The van der Waals surface area contributed by atoms with E-state index >= 15 is 0 Å². The van der Waals surface area contributed by atoms with Crippen LogP contribution in [0.3, 0.4) is 0 Å². The molecule has 1 aliphatic rings. The Morgan fingerprint density at radius 3 is 2.43 bits per heavy atom. The minimum atomic E-state index is -0.454. The van der Waals surface area contributed by atoms with Gasteiger partial charge in [-0.05, 0) is 57.2 Å². The molecular formula is C22H35N2O4+. The molecule has 2 rings (SSSR count). The summed E-state index contributed by atoms with van der Waals surface area (Å²) in [6.07, 6.45) is 5.31. The lowest BCUT2D eigenvalue weighted by Crippen LogP contribution is -2.59. The van der Waals surface area contributed by atoms with Crippen LogP contribution in [0, 0.1) is 6.92 Å². The first-order valence-electron chi connectivity index (χ1n) is 10.4. The summed E-state index contributed by atoms with van der Waals surface area (Å²) in [5, 5.41) is 3.07. The molecule has 1 aliphatic heterocycles. The van der Waals surface area contributed by atoms with Gasteiger partial charge >= 0.3 is 5.97 Å². The molecule has 0 spiro atoms. The van der Waals surface area contributed by atoms with E-state index in [1.54, 1.807) is 20.1 Å². The monoisotopic (exact) mass is 391 g/mol. The fraction of sp³-hybridized carbons (Fsp3) is 0.636. The fourth-order valence-electron chi connectivity index (χ4n) is 4.16. The Kier molecular flexibility index (Phi) is 7.87. The number of hydrogen-bond donors (Lipinski definition) is 1. The molecule has 0 bridgehead atoms. The molecule has 0 aliphatic carbocycles. The molecule has 1 unspecified atom stereocenters. The zero-order valence-electron chi connectivity index (χ0n) is 18.0. The van der Waals surface area contributed by atoms with Gasteiger partial charge in [0, 0.05) is 6.42 Å². The molecule has 1 fully saturated rings. The van der Waals surface area contributed by atoms with Crippen LogP contribution in [0.15, 0.2) is 12.1 Å². The summed E-state index contributed by atoms with van der Waals surface area (Å²) in [6.45, 7) is 8.05. The van der Waals surface area contributed by atoms with E-state index in [2.05, 4.69) is 19.3 Å². The van der Waals surface area contributed by atoms with Gasteiger partial charge in [0.2, 0.25) is 0 Å². The van der Waals surface area contributed by atoms with Crippen LogP contribution in [0.25, 0.3) is 0 Å². The van der Waals surface area contributed by atoms with Gasteiger partial charge in [-0.25, -0.2) is 4.79 Å². The molecule has 1 heterocycles. The number of amides is 1. The number of hydrogen-bond acceptors (Lipinski definition) is 4. The van der Waals surface area contributed by atoms with Crippen LogP contribution < -0.4 is 10.1 Å². The number of nitrogens with one attached hydrogen (secondary N) is 1. The summed E-state index contributed by atoms with van der Waals surface area (Å²) in [5.74, 6) is 0.0916. The molecule has 6 heteroatoms. The highest BCUT2D eigenvalue weighted by molar-refractivity contribution is 6.03. The van der Waals surface area contributed by atoms with Crippen molar-refractivity contribution in [2.45, 2.75) is 58.9 Å². The highest BCUT2D eigenvalue weighted by Crippen LogP contribution is 2.30. The number of likely N-dealkylation sites (tertiary alicyclic amines) is 1. The quantitative estimate of drug-likeness (QED) is 0.539. The van der Waals surface area contributed by atoms with E-state index in [4.69, 9.17) is 9.47 Å². The second-order valence-corrected chi connectivity index (χ2v) is 7.87. The van der Waals surface area contributed by atoms with Gasteiger partial charge in [-0.15, -0.1) is 0 Å². The maximum absolute atomic E-state index is 13.3. The van der Waals surface area contributed by atoms with Crippen LogP contribution in [0.4, 0.5) is 5.69 Å². The van der Waals surface area contributed by atoms with Crippen molar-refractivity contribution in [2.75, 3.05) is 39.2 Å². The number of benzene rings is 1. The normalized spacial score (nSPS) is 16.9. The number of likely N-dealkylation sites (N-methyl/N-ethyl adjacent to an activating group) is 1. The van der Waals surface area contributed by atoms with Crippen molar-refractivity contribution in [3.8, 4) is 5.75 Å². The molecule has 1 amide bonds. The predicted molar refractivity (Wildman–Crippen MR) is 111 cm³/mol. The van der Waals surface area contributed by atoms with Gasteiger partial charge in [0.15, 0.2) is 6.04 Å². The average molecular weight is 392 g/mol. The molecule has 1 N–H and O–H groups in total. The van der Waals surface area contributed by atoms with E-state index < -0.39 is 5.97 Å². The summed E-state index contributed by atoms with van der Waals surface area (Å²) < 4.78 is 11.3. The first-order chi connectivity index (χ1) is 13.4. The minimum absolute atomic E-state index is 0.0231. The van der Waals surface area contributed by atoms with Crippen molar-refractivity contribution in [3.63, 3.8) is 0 Å². The third-order valence-electron chi connectivity index (χ3n) is 5.74. The van der Waals surface area contributed by atoms with Crippen LogP contribution in [0.2, 0.25) is 0 Å². The van der Waals surface area contributed by atoms with Gasteiger partial charge in [0.1, 0.15) is 5.75 Å². The maximum Gasteiger partial charge on any atom is 0.340 e. The minimum Gasteiger partial charge on any atom is -0.497 e. The molecule has 1 saturated heterocycles. The average Bonchev–Trinajstić information content (AvgIpc) is 2.67. The number of aryl methyl sites for hydroxylation is 1. The van der Waals surface area contributed by atoms with Crippen molar-refractivity contribution in [2.24, 2.45) is 0 Å². The topological polar surface area (TPSA) is 64.6 Å². The molecular weight excluding hydrogens is 356 g/mol. The maximum atomic E-state index is 13.3. The van der Waals surface area contributed by atoms with Gasteiger partial charge < -0.3 is 19.3 Å². The van der Waals surface area contributed by atoms with Crippen molar-refractivity contribution >= 4 is 17.6 Å². The fourth-order valence-corrected chi connectivity index (χ4v) is 4.16. The van der Waals surface area contributed by atoms with Gasteiger partial charge in [0.05, 0.1) is 45.1 Å². The van der Waals surface area contributed by atoms with E-state index in [-0.39, 0.29) is 18.6 Å². The molecule has 1 aromatic rings. The van der Waals surface area contributed by atoms with Gasteiger partial charge in [-0.1, -0.05) is 6.92 Å². The molecule has 0 aromatic heterocycles. The Morgan fingerprint density at radius 1 is 1.18 bits per heavy atom. The molecule has 1 atom stereocenters. The molecule has 1 aromatic carbocycles. The summed E-state index contributed by atoms with van der Waals surface area (Å²) in [4.78, 5) is 25.8. The standard InChI is InChI=1S/C22H34N2O4/c1-6-11-19(24(4)12-9-8-10-13-24)21(25)23-20-16(3)14-17(27-5)15-18(20)22(26)28-7-2/h14-15,19H,6-13H2,1-5H3/p+1. The van der Waals surface area contributed by atoms with Gasteiger partial charge in [-0.2, -0.15) is 0 Å². The molecule has 156 valence electrons. The number of methoxy groups -OCH3 is 1. The van der Waals surface area contributed by atoms with E-state index in [1.807, 2.05) is 13.0 Å². The van der Waals surface area contributed by atoms with Crippen LogP contribution in [-0.4, -0.2) is 56.3 Å². The lowest BCUT2D eigenvalue weighted by atomic mass is 10.00. The Labute approximate surface area is 168 Å². The largest absolute Gasteiger partial charge is 0.497 e. The van der Waals surface area contributed by atoms with Crippen LogP contribution in [-0.2, 0) is 9.53 Å². The van der Waals surface area contributed by atoms with E-state index in [1.165, 1.54) is 6.42 Å². The third-order valence-corrected chi connectivity index (χ3v) is 5.74. The zero-order chi connectivity index (χ0) is 20.7. The van der Waals surface area contributed by atoms with Crippen molar-refractivity contribution < 1.29 is 23.5 Å². The second-order valence-electron chi connectivity index (χ2n) is 7.87. The van der Waals surface area contributed by atoms with Gasteiger partial charge in [0.25, 0.3) is 5.91 Å².